The Hall–Kier alpha value is -2.20. The fourth-order valence-corrected chi connectivity index (χ4v) is 1.30. The molecule has 0 spiro atoms. The van der Waals surface area contributed by atoms with Gasteiger partial charge in [0, 0.05) is 19.0 Å². The number of rotatable bonds is 5. The summed E-state index contributed by atoms with van der Waals surface area (Å²) >= 11 is 0. The summed E-state index contributed by atoms with van der Waals surface area (Å²) in [7, 11) is 1.57. The van der Waals surface area contributed by atoms with Crippen molar-refractivity contribution in [1.82, 2.24) is 0 Å². The van der Waals surface area contributed by atoms with Crippen LogP contribution in [0, 0.1) is 22.7 Å². The third-order valence-electron chi connectivity index (χ3n) is 2.11. The van der Waals surface area contributed by atoms with Crippen LogP contribution in [-0.2, 0) is 0 Å². The van der Waals surface area contributed by atoms with Crippen LogP contribution in [0.1, 0.15) is 18.4 Å². The lowest BCUT2D eigenvalue weighted by molar-refractivity contribution is 0.416. The van der Waals surface area contributed by atoms with Gasteiger partial charge >= 0.3 is 0 Å². The van der Waals surface area contributed by atoms with Gasteiger partial charge in [-0.25, -0.2) is 0 Å². The lowest BCUT2D eigenvalue weighted by Crippen LogP contribution is -2.03. The molecule has 0 aromatic heterocycles. The first-order valence-electron chi connectivity index (χ1n) is 5.00. The van der Waals surface area contributed by atoms with Gasteiger partial charge in [0.1, 0.15) is 5.75 Å². The molecule has 0 saturated carbocycles. The topological polar surface area (TPSA) is 68.8 Å². The van der Waals surface area contributed by atoms with Crippen LogP contribution in [-0.4, -0.2) is 13.7 Å². The minimum Gasteiger partial charge on any atom is -0.495 e. The first-order chi connectivity index (χ1) is 7.81. The van der Waals surface area contributed by atoms with Crippen molar-refractivity contribution in [3.05, 3.63) is 23.8 Å². The molecule has 0 aliphatic carbocycles. The molecule has 0 heterocycles. The molecule has 82 valence electrons. The second-order valence-electron chi connectivity index (χ2n) is 3.22. The van der Waals surface area contributed by atoms with Crippen molar-refractivity contribution in [2.24, 2.45) is 0 Å². The molecule has 0 aliphatic rings. The fourth-order valence-electron chi connectivity index (χ4n) is 1.30. The highest BCUT2D eigenvalue weighted by atomic mass is 16.5. The van der Waals surface area contributed by atoms with E-state index in [0.717, 1.165) is 18.7 Å². The molecular weight excluding hydrogens is 202 g/mol. The number of nitrogens with zero attached hydrogens (tertiary/aromatic N) is 2. The van der Waals surface area contributed by atoms with Crippen molar-refractivity contribution in [1.29, 1.82) is 10.5 Å². The zero-order valence-corrected chi connectivity index (χ0v) is 9.16. The number of nitriles is 2. The zero-order chi connectivity index (χ0) is 11.8. The van der Waals surface area contributed by atoms with Crippen molar-refractivity contribution in [3.63, 3.8) is 0 Å². The van der Waals surface area contributed by atoms with Gasteiger partial charge in [0.2, 0.25) is 0 Å². The highest BCUT2D eigenvalue weighted by Gasteiger charge is 2.03. The van der Waals surface area contributed by atoms with Crippen LogP contribution in [0.15, 0.2) is 18.2 Å². The molecule has 0 bridgehead atoms. The first kappa shape index (κ1) is 11.9. The lowest BCUT2D eigenvalue weighted by Gasteiger charge is -2.10. The molecule has 0 saturated heterocycles. The second kappa shape index (κ2) is 6.31. The maximum atomic E-state index is 8.73. The van der Waals surface area contributed by atoms with Crippen molar-refractivity contribution in [3.8, 4) is 17.9 Å². The number of hydrogen-bond donors (Lipinski definition) is 1. The standard InChI is InChI=1S/C12H13N3O/c1-16-12-8-10(9-14)4-5-11(12)15-7-3-2-6-13/h4-5,8,15H,2-3,7H2,1H3. The average Bonchev–Trinajstić information content (AvgIpc) is 2.34. The summed E-state index contributed by atoms with van der Waals surface area (Å²) in [6.07, 6.45) is 1.32. The summed E-state index contributed by atoms with van der Waals surface area (Å²) in [4.78, 5) is 0. The third kappa shape index (κ3) is 3.18. The number of methoxy groups -OCH3 is 1. The van der Waals surface area contributed by atoms with E-state index in [9.17, 15) is 0 Å². The summed E-state index contributed by atoms with van der Waals surface area (Å²) < 4.78 is 5.17. The Morgan fingerprint density at radius 3 is 2.81 bits per heavy atom. The van der Waals surface area contributed by atoms with Crippen molar-refractivity contribution < 1.29 is 4.74 Å². The van der Waals surface area contributed by atoms with Crippen molar-refractivity contribution in [2.45, 2.75) is 12.8 Å². The van der Waals surface area contributed by atoms with Crippen molar-refractivity contribution in [2.75, 3.05) is 19.0 Å². The van der Waals surface area contributed by atoms with Gasteiger partial charge in [-0.15, -0.1) is 0 Å². The van der Waals surface area contributed by atoms with Gasteiger partial charge in [-0.3, -0.25) is 0 Å². The van der Waals surface area contributed by atoms with Gasteiger partial charge in [-0.05, 0) is 18.6 Å². The van der Waals surface area contributed by atoms with E-state index >= 15 is 0 Å². The Bertz CT molecular complexity index is 429. The highest BCUT2D eigenvalue weighted by Crippen LogP contribution is 2.25. The molecule has 4 heteroatoms. The predicted molar refractivity (Wildman–Crippen MR) is 61.0 cm³/mol. The van der Waals surface area contributed by atoms with Crippen LogP contribution >= 0.6 is 0 Å². The molecule has 1 N–H and O–H groups in total. The van der Waals surface area contributed by atoms with Crippen LogP contribution in [0.5, 0.6) is 5.75 Å². The summed E-state index contributed by atoms with van der Waals surface area (Å²) in [5.74, 6) is 0.649. The van der Waals surface area contributed by atoms with Gasteiger partial charge in [0.05, 0.1) is 30.5 Å². The fraction of sp³-hybridized carbons (Fsp3) is 0.333. The van der Waals surface area contributed by atoms with Gasteiger partial charge in [0.15, 0.2) is 0 Å². The van der Waals surface area contributed by atoms with E-state index in [1.54, 1.807) is 19.2 Å². The van der Waals surface area contributed by atoms with Crippen LogP contribution in [0.3, 0.4) is 0 Å². The number of hydrogen-bond acceptors (Lipinski definition) is 4. The Morgan fingerprint density at radius 1 is 1.38 bits per heavy atom. The maximum absolute atomic E-state index is 8.73. The molecule has 0 aliphatic heterocycles. The number of unbranched alkanes of at least 4 members (excludes halogenated alkanes) is 1. The highest BCUT2D eigenvalue weighted by molar-refractivity contribution is 5.59. The van der Waals surface area contributed by atoms with E-state index in [-0.39, 0.29) is 0 Å². The molecule has 4 nitrogen and oxygen atoms in total. The number of nitrogens with one attached hydrogen (secondary N) is 1. The maximum Gasteiger partial charge on any atom is 0.143 e. The van der Waals surface area contributed by atoms with Crippen LogP contribution in [0.4, 0.5) is 5.69 Å². The Labute approximate surface area is 95.1 Å². The summed E-state index contributed by atoms with van der Waals surface area (Å²) in [5, 5.41) is 20.3. The predicted octanol–water partition coefficient (Wildman–Crippen LogP) is 2.28. The molecule has 16 heavy (non-hydrogen) atoms. The molecule has 0 radical (unpaired) electrons. The van der Waals surface area contributed by atoms with Crippen LogP contribution in [0.25, 0.3) is 0 Å². The zero-order valence-electron chi connectivity index (χ0n) is 9.16. The molecular formula is C12H13N3O. The van der Waals surface area contributed by atoms with E-state index in [0.29, 0.717) is 17.7 Å². The SMILES string of the molecule is COc1cc(C#N)ccc1NCCCC#N. The first-order valence-corrected chi connectivity index (χ1v) is 5.00. The van der Waals surface area contributed by atoms with E-state index < -0.39 is 0 Å². The molecule has 0 amide bonds. The minimum atomic E-state index is 0.533. The molecule has 0 fully saturated rings. The summed E-state index contributed by atoms with van der Waals surface area (Å²) in [6.45, 7) is 0.718. The summed E-state index contributed by atoms with van der Waals surface area (Å²) in [6, 6.07) is 9.37. The van der Waals surface area contributed by atoms with Gasteiger partial charge < -0.3 is 10.1 Å². The quantitative estimate of drug-likeness (QED) is 0.765. The molecule has 1 aromatic carbocycles. The Morgan fingerprint density at radius 2 is 2.19 bits per heavy atom. The second-order valence-corrected chi connectivity index (χ2v) is 3.22. The van der Waals surface area contributed by atoms with Gasteiger partial charge in [0.25, 0.3) is 0 Å². The summed E-state index contributed by atoms with van der Waals surface area (Å²) in [5.41, 5.74) is 1.42. The molecule has 1 rings (SSSR count). The minimum absolute atomic E-state index is 0.533. The van der Waals surface area contributed by atoms with Crippen molar-refractivity contribution >= 4 is 5.69 Å². The monoisotopic (exact) mass is 215 g/mol. The smallest absolute Gasteiger partial charge is 0.143 e. The van der Waals surface area contributed by atoms with E-state index in [4.69, 9.17) is 15.3 Å². The Kier molecular flexibility index (Phi) is 4.69. The van der Waals surface area contributed by atoms with Crippen LogP contribution < -0.4 is 10.1 Å². The van der Waals surface area contributed by atoms with Crippen LogP contribution in [0.2, 0.25) is 0 Å². The molecule has 0 unspecified atom stereocenters. The third-order valence-corrected chi connectivity index (χ3v) is 2.11. The van der Waals surface area contributed by atoms with Gasteiger partial charge in [-0.1, -0.05) is 0 Å². The Balaban J connectivity index is 2.66. The van der Waals surface area contributed by atoms with E-state index in [1.807, 2.05) is 6.07 Å². The number of benzene rings is 1. The number of anilines is 1. The van der Waals surface area contributed by atoms with E-state index in [1.165, 1.54) is 0 Å². The molecule has 1 aromatic rings. The normalized spacial score (nSPS) is 8.94. The molecule has 0 atom stereocenters. The van der Waals surface area contributed by atoms with Gasteiger partial charge in [-0.2, -0.15) is 10.5 Å². The lowest BCUT2D eigenvalue weighted by atomic mass is 10.2. The van der Waals surface area contributed by atoms with E-state index in [2.05, 4.69) is 17.5 Å². The largest absolute Gasteiger partial charge is 0.495 e. The number of ether oxygens (including phenoxy) is 1. The average molecular weight is 215 g/mol.